The Morgan fingerprint density at radius 3 is 2.67 bits per heavy atom. The summed E-state index contributed by atoms with van der Waals surface area (Å²) in [6, 6.07) is 10.1. The number of halogens is 1. The number of quaternary nitrogens is 1. The lowest BCUT2D eigenvalue weighted by atomic mass is 9.90. The Labute approximate surface area is 149 Å². The Kier molecular flexibility index (Phi) is 6.09. The summed E-state index contributed by atoms with van der Waals surface area (Å²) >= 11 is 6.05. The van der Waals surface area contributed by atoms with Crippen molar-refractivity contribution in [2.45, 2.75) is 26.3 Å². The number of carbonyl (C=O) groups is 1. The van der Waals surface area contributed by atoms with Gasteiger partial charge in [-0.3, -0.25) is 4.79 Å². The van der Waals surface area contributed by atoms with Crippen molar-refractivity contribution in [1.82, 2.24) is 5.32 Å². The van der Waals surface area contributed by atoms with Gasteiger partial charge in [0, 0.05) is 10.7 Å². The first-order chi connectivity index (χ1) is 11.3. The molecule has 2 N–H and O–H groups in total. The highest BCUT2D eigenvalue weighted by molar-refractivity contribution is 6.30. The van der Waals surface area contributed by atoms with Gasteiger partial charge >= 0.3 is 0 Å². The maximum Gasteiger partial charge on any atom is 0.276 e. The fraction of sp³-hybridized carbons (Fsp3) is 0.556. The van der Waals surface area contributed by atoms with E-state index in [1.165, 1.54) is 4.90 Å². The van der Waals surface area contributed by atoms with Gasteiger partial charge in [-0.25, -0.2) is 0 Å². The predicted octanol–water partition coefficient (Wildman–Crippen LogP) is 1.10. The van der Waals surface area contributed by atoms with E-state index in [0.29, 0.717) is 6.54 Å². The van der Waals surface area contributed by atoms with Gasteiger partial charge in [0.1, 0.15) is 5.54 Å². The predicted molar refractivity (Wildman–Crippen MR) is 96.2 cm³/mol. The van der Waals surface area contributed by atoms with Crippen molar-refractivity contribution in [2.24, 2.45) is 5.92 Å². The van der Waals surface area contributed by atoms with Gasteiger partial charge in [0.25, 0.3) is 5.91 Å². The van der Waals surface area contributed by atoms with E-state index in [0.717, 1.165) is 36.9 Å². The van der Waals surface area contributed by atoms with Crippen molar-refractivity contribution in [1.29, 1.82) is 5.26 Å². The summed E-state index contributed by atoms with van der Waals surface area (Å²) in [6.07, 6.45) is 0. The topological polar surface area (TPSA) is 60.6 Å². The molecule has 1 heterocycles. The first kappa shape index (κ1) is 18.6. The molecule has 1 aromatic rings. The first-order valence-electron chi connectivity index (χ1n) is 8.40. The van der Waals surface area contributed by atoms with Crippen LogP contribution in [0.5, 0.6) is 0 Å². The summed E-state index contributed by atoms with van der Waals surface area (Å²) in [7, 11) is 0. The van der Waals surface area contributed by atoms with Gasteiger partial charge in [-0.05, 0) is 31.0 Å². The second-order valence-corrected chi connectivity index (χ2v) is 7.35. The zero-order valence-corrected chi connectivity index (χ0v) is 15.4. The molecular formula is C18H26ClN4O+. The third-order valence-corrected chi connectivity index (χ3v) is 5.08. The maximum absolute atomic E-state index is 12.3. The van der Waals surface area contributed by atoms with E-state index in [9.17, 15) is 10.1 Å². The molecule has 1 saturated heterocycles. The lowest BCUT2D eigenvalue weighted by molar-refractivity contribution is -0.892. The third-order valence-electron chi connectivity index (χ3n) is 4.84. The van der Waals surface area contributed by atoms with E-state index in [4.69, 9.17) is 11.6 Å². The molecule has 2 rings (SSSR count). The minimum absolute atomic E-state index is 0.0565. The quantitative estimate of drug-likeness (QED) is 0.837. The number of nitrogens with one attached hydrogen (secondary N) is 2. The smallest absolute Gasteiger partial charge is 0.276 e. The Balaban J connectivity index is 1.85. The number of nitrogens with zero attached hydrogens (tertiary/aromatic N) is 2. The summed E-state index contributed by atoms with van der Waals surface area (Å²) in [4.78, 5) is 15.8. The molecule has 0 aromatic heterocycles. The van der Waals surface area contributed by atoms with Crippen molar-refractivity contribution < 1.29 is 9.69 Å². The number of carbonyl (C=O) groups excluding carboxylic acids is 1. The van der Waals surface area contributed by atoms with Gasteiger partial charge < -0.3 is 15.1 Å². The molecule has 0 unspecified atom stereocenters. The number of nitriles is 1. The van der Waals surface area contributed by atoms with Crippen molar-refractivity contribution in [3.8, 4) is 6.07 Å². The van der Waals surface area contributed by atoms with Crippen LogP contribution >= 0.6 is 11.6 Å². The molecule has 1 fully saturated rings. The molecule has 0 bridgehead atoms. The van der Waals surface area contributed by atoms with Crippen LogP contribution in [-0.2, 0) is 4.79 Å². The van der Waals surface area contributed by atoms with Gasteiger partial charge in [-0.15, -0.1) is 0 Å². The number of hydrogen-bond donors (Lipinski definition) is 2. The molecule has 0 spiro atoms. The van der Waals surface area contributed by atoms with Crippen LogP contribution < -0.4 is 15.1 Å². The average Bonchev–Trinajstić information content (AvgIpc) is 2.55. The van der Waals surface area contributed by atoms with Gasteiger partial charge in [0.05, 0.1) is 32.2 Å². The molecule has 1 aliphatic heterocycles. The first-order valence-corrected chi connectivity index (χ1v) is 8.78. The standard InChI is InChI=1S/C18H25ClN4O/c1-14(2)18(3,13-20)21-17(24)12-22-7-9-23(10-8-22)16-6-4-5-15(19)11-16/h4-6,11,14H,7-10,12H2,1-3H3,(H,21,24)/p+1/t18-/m0/s1. The van der Waals surface area contributed by atoms with Crippen LogP contribution in [-0.4, -0.2) is 44.2 Å². The average molecular weight is 350 g/mol. The molecule has 1 amide bonds. The molecule has 130 valence electrons. The third kappa shape index (κ3) is 4.62. The maximum atomic E-state index is 12.3. The van der Waals surface area contributed by atoms with E-state index < -0.39 is 5.54 Å². The van der Waals surface area contributed by atoms with Crippen LogP contribution in [0.1, 0.15) is 20.8 Å². The van der Waals surface area contributed by atoms with Crippen LogP contribution in [0.4, 0.5) is 5.69 Å². The Hall–Kier alpha value is -1.77. The highest BCUT2D eigenvalue weighted by atomic mass is 35.5. The van der Waals surface area contributed by atoms with Gasteiger partial charge in [0.15, 0.2) is 6.54 Å². The molecule has 1 aromatic carbocycles. The fourth-order valence-corrected chi connectivity index (χ4v) is 2.98. The Morgan fingerprint density at radius 2 is 2.12 bits per heavy atom. The van der Waals surface area contributed by atoms with Gasteiger partial charge in [-0.2, -0.15) is 5.26 Å². The van der Waals surface area contributed by atoms with E-state index in [-0.39, 0.29) is 11.8 Å². The highest BCUT2D eigenvalue weighted by Gasteiger charge is 2.31. The van der Waals surface area contributed by atoms with Crippen molar-refractivity contribution in [3.05, 3.63) is 29.3 Å². The van der Waals surface area contributed by atoms with Gasteiger partial charge in [0.2, 0.25) is 0 Å². The number of amides is 1. The second kappa shape index (κ2) is 7.87. The fourth-order valence-electron chi connectivity index (χ4n) is 2.79. The lowest BCUT2D eigenvalue weighted by Crippen LogP contribution is -3.16. The van der Waals surface area contributed by atoms with Crippen molar-refractivity contribution in [3.63, 3.8) is 0 Å². The molecule has 0 aliphatic carbocycles. The van der Waals surface area contributed by atoms with Crippen LogP contribution in [0, 0.1) is 17.2 Å². The highest BCUT2D eigenvalue weighted by Crippen LogP contribution is 2.19. The Morgan fingerprint density at radius 1 is 1.46 bits per heavy atom. The SMILES string of the molecule is CC(C)[C@](C)(C#N)NC(=O)C[NH+]1CCN(c2cccc(Cl)c2)CC1. The summed E-state index contributed by atoms with van der Waals surface area (Å²) < 4.78 is 0. The zero-order chi connectivity index (χ0) is 17.7. The largest absolute Gasteiger partial charge is 0.360 e. The monoisotopic (exact) mass is 349 g/mol. The minimum Gasteiger partial charge on any atom is -0.360 e. The molecule has 6 heteroatoms. The number of hydrogen-bond acceptors (Lipinski definition) is 3. The molecule has 24 heavy (non-hydrogen) atoms. The van der Waals surface area contributed by atoms with Crippen LogP contribution in [0.15, 0.2) is 24.3 Å². The van der Waals surface area contributed by atoms with Crippen LogP contribution in [0.3, 0.4) is 0 Å². The summed E-state index contributed by atoms with van der Waals surface area (Å²) in [5, 5.41) is 12.9. The van der Waals surface area contributed by atoms with E-state index in [1.54, 1.807) is 6.92 Å². The molecule has 1 aliphatic rings. The number of anilines is 1. The zero-order valence-electron chi connectivity index (χ0n) is 14.6. The summed E-state index contributed by atoms with van der Waals surface area (Å²) in [5.41, 5.74) is 0.321. The Bertz CT molecular complexity index is 620. The van der Waals surface area contributed by atoms with Gasteiger partial charge in [-0.1, -0.05) is 31.5 Å². The normalized spacial score (nSPS) is 18.1. The molecule has 5 nitrogen and oxygen atoms in total. The number of benzene rings is 1. The molecular weight excluding hydrogens is 324 g/mol. The van der Waals surface area contributed by atoms with Crippen LogP contribution in [0.25, 0.3) is 0 Å². The number of rotatable bonds is 5. The summed E-state index contributed by atoms with van der Waals surface area (Å²) in [5.74, 6) is 0.0140. The second-order valence-electron chi connectivity index (χ2n) is 6.91. The molecule has 1 atom stereocenters. The number of piperazine rings is 1. The summed E-state index contributed by atoms with van der Waals surface area (Å²) in [6.45, 7) is 9.65. The minimum atomic E-state index is -0.806. The van der Waals surface area contributed by atoms with Crippen molar-refractivity contribution in [2.75, 3.05) is 37.6 Å². The molecule has 0 radical (unpaired) electrons. The van der Waals surface area contributed by atoms with E-state index >= 15 is 0 Å². The van der Waals surface area contributed by atoms with E-state index in [1.807, 2.05) is 32.0 Å². The van der Waals surface area contributed by atoms with Crippen LogP contribution in [0.2, 0.25) is 5.02 Å². The molecule has 0 saturated carbocycles. The van der Waals surface area contributed by atoms with Crippen molar-refractivity contribution >= 4 is 23.2 Å². The van der Waals surface area contributed by atoms with E-state index in [2.05, 4.69) is 22.4 Å². The lowest BCUT2D eigenvalue weighted by Gasteiger charge is -2.34.